The molecule has 0 fully saturated rings. The van der Waals surface area contributed by atoms with E-state index < -0.39 is 0 Å². The molecule has 0 bridgehead atoms. The van der Waals surface area contributed by atoms with Gasteiger partial charge in [0.25, 0.3) is 0 Å². The first kappa shape index (κ1) is 14.5. The van der Waals surface area contributed by atoms with Crippen molar-refractivity contribution in [1.29, 1.82) is 0 Å². The first-order chi connectivity index (χ1) is 6.65. The molecule has 0 saturated heterocycles. The number of unbranched alkanes of at least 4 members (excludes halogenated alkanes) is 2. The van der Waals surface area contributed by atoms with Crippen LogP contribution in [0.4, 0.5) is 0 Å². The lowest BCUT2D eigenvalue weighted by molar-refractivity contribution is 0.425. The van der Waals surface area contributed by atoms with Gasteiger partial charge in [-0.1, -0.05) is 26.2 Å². The zero-order chi connectivity index (χ0) is 10.6. The minimum atomic E-state index is 0. The highest BCUT2D eigenvalue weighted by atomic mass is 35.5. The van der Waals surface area contributed by atoms with Crippen molar-refractivity contribution < 1.29 is 4.42 Å². The maximum atomic E-state index is 6.02. The zero-order valence-corrected chi connectivity index (χ0v) is 10.7. The van der Waals surface area contributed by atoms with Crippen LogP contribution in [-0.2, 0) is 0 Å². The standard InChI is InChI=1S/C12H21NO.ClH/c1-4-5-6-7-11(13)12-8-9(2)10(3)14-12;/h8,11H,4-7,13H2,1-3H3;1H/t11-;/m1./s1. The summed E-state index contributed by atoms with van der Waals surface area (Å²) < 4.78 is 5.58. The van der Waals surface area contributed by atoms with Crippen LogP contribution in [0.5, 0.6) is 0 Å². The van der Waals surface area contributed by atoms with Gasteiger partial charge in [-0.3, -0.25) is 0 Å². The van der Waals surface area contributed by atoms with Gasteiger partial charge in [0.05, 0.1) is 6.04 Å². The molecule has 0 aliphatic carbocycles. The van der Waals surface area contributed by atoms with Crippen molar-refractivity contribution in [2.24, 2.45) is 5.73 Å². The summed E-state index contributed by atoms with van der Waals surface area (Å²) in [5.74, 6) is 1.93. The minimum Gasteiger partial charge on any atom is -0.464 e. The van der Waals surface area contributed by atoms with Crippen molar-refractivity contribution in [2.75, 3.05) is 0 Å². The highest BCUT2D eigenvalue weighted by Crippen LogP contribution is 2.22. The number of rotatable bonds is 5. The summed E-state index contributed by atoms with van der Waals surface area (Å²) in [5.41, 5.74) is 7.22. The first-order valence-corrected chi connectivity index (χ1v) is 5.47. The fourth-order valence-electron chi connectivity index (χ4n) is 1.54. The lowest BCUT2D eigenvalue weighted by atomic mass is 10.1. The van der Waals surface area contributed by atoms with E-state index in [0.29, 0.717) is 0 Å². The summed E-state index contributed by atoms with van der Waals surface area (Å²) in [4.78, 5) is 0. The summed E-state index contributed by atoms with van der Waals surface area (Å²) in [6.45, 7) is 6.24. The van der Waals surface area contributed by atoms with Gasteiger partial charge in [0.2, 0.25) is 0 Å². The van der Waals surface area contributed by atoms with E-state index in [4.69, 9.17) is 10.2 Å². The molecular weight excluding hydrogens is 210 g/mol. The van der Waals surface area contributed by atoms with Crippen molar-refractivity contribution in [3.05, 3.63) is 23.2 Å². The van der Waals surface area contributed by atoms with Crippen LogP contribution in [0.1, 0.15) is 55.7 Å². The maximum absolute atomic E-state index is 6.02. The Bertz CT molecular complexity index is 264. The average Bonchev–Trinajstić information content (AvgIpc) is 2.47. The van der Waals surface area contributed by atoms with Crippen molar-refractivity contribution in [3.63, 3.8) is 0 Å². The van der Waals surface area contributed by atoms with Gasteiger partial charge in [-0.15, -0.1) is 12.4 Å². The van der Waals surface area contributed by atoms with E-state index in [-0.39, 0.29) is 18.4 Å². The lowest BCUT2D eigenvalue weighted by Gasteiger charge is -2.07. The summed E-state index contributed by atoms with van der Waals surface area (Å²) in [7, 11) is 0. The smallest absolute Gasteiger partial charge is 0.121 e. The van der Waals surface area contributed by atoms with Gasteiger partial charge < -0.3 is 10.2 Å². The topological polar surface area (TPSA) is 39.2 Å². The Morgan fingerprint density at radius 1 is 1.33 bits per heavy atom. The van der Waals surface area contributed by atoms with Crippen LogP contribution >= 0.6 is 12.4 Å². The molecule has 0 aromatic carbocycles. The zero-order valence-electron chi connectivity index (χ0n) is 9.88. The maximum Gasteiger partial charge on any atom is 0.121 e. The molecule has 2 N–H and O–H groups in total. The third-order valence-corrected chi connectivity index (χ3v) is 2.67. The van der Waals surface area contributed by atoms with Gasteiger partial charge in [0.15, 0.2) is 0 Å². The van der Waals surface area contributed by atoms with Crippen LogP contribution in [0.15, 0.2) is 10.5 Å². The first-order valence-electron chi connectivity index (χ1n) is 5.47. The number of aryl methyl sites for hydroxylation is 2. The highest BCUT2D eigenvalue weighted by Gasteiger charge is 2.11. The molecular formula is C12H22ClNO. The van der Waals surface area contributed by atoms with Crippen molar-refractivity contribution in [2.45, 2.75) is 52.5 Å². The van der Waals surface area contributed by atoms with Crippen LogP contribution in [-0.4, -0.2) is 0 Å². The van der Waals surface area contributed by atoms with Crippen molar-refractivity contribution in [1.82, 2.24) is 0 Å². The van der Waals surface area contributed by atoms with Gasteiger partial charge in [-0.2, -0.15) is 0 Å². The fourth-order valence-corrected chi connectivity index (χ4v) is 1.54. The molecule has 0 aliphatic rings. The van der Waals surface area contributed by atoms with Crippen LogP contribution in [0.3, 0.4) is 0 Å². The number of furan rings is 1. The molecule has 0 radical (unpaired) electrons. The molecule has 0 unspecified atom stereocenters. The van der Waals surface area contributed by atoms with E-state index in [1.165, 1.54) is 24.8 Å². The number of halogens is 1. The molecule has 1 atom stereocenters. The normalized spacial score (nSPS) is 12.3. The Morgan fingerprint density at radius 3 is 2.47 bits per heavy atom. The molecule has 1 rings (SSSR count). The summed E-state index contributed by atoms with van der Waals surface area (Å²) in [6.07, 6.45) is 4.71. The monoisotopic (exact) mass is 231 g/mol. The number of hydrogen-bond acceptors (Lipinski definition) is 2. The molecule has 3 heteroatoms. The Hall–Kier alpha value is -0.470. The Balaban J connectivity index is 0.00000196. The Labute approximate surface area is 98.6 Å². The second-order valence-electron chi connectivity index (χ2n) is 3.99. The van der Waals surface area contributed by atoms with E-state index in [2.05, 4.69) is 19.9 Å². The van der Waals surface area contributed by atoms with E-state index in [0.717, 1.165) is 17.9 Å². The van der Waals surface area contributed by atoms with Gasteiger partial charge in [0, 0.05) is 0 Å². The van der Waals surface area contributed by atoms with Crippen LogP contribution in [0.2, 0.25) is 0 Å². The van der Waals surface area contributed by atoms with Crippen LogP contribution < -0.4 is 5.73 Å². The van der Waals surface area contributed by atoms with Gasteiger partial charge in [-0.05, 0) is 31.9 Å². The van der Waals surface area contributed by atoms with E-state index in [1.807, 2.05) is 6.92 Å². The van der Waals surface area contributed by atoms with Crippen molar-refractivity contribution in [3.8, 4) is 0 Å². The summed E-state index contributed by atoms with van der Waals surface area (Å²) >= 11 is 0. The lowest BCUT2D eigenvalue weighted by Crippen LogP contribution is -2.08. The van der Waals surface area contributed by atoms with Crippen molar-refractivity contribution >= 4 is 12.4 Å². The summed E-state index contributed by atoms with van der Waals surface area (Å²) in [6, 6.07) is 2.14. The third kappa shape index (κ3) is 4.27. The Morgan fingerprint density at radius 2 is 2.00 bits per heavy atom. The van der Waals surface area contributed by atoms with Gasteiger partial charge in [0.1, 0.15) is 11.5 Å². The highest BCUT2D eigenvalue weighted by molar-refractivity contribution is 5.85. The van der Waals surface area contributed by atoms with E-state index >= 15 is 0 Å². The predicted octanol–water partition coefficient (Wildman–Crippen LogP) is 3.90. The SMILES string of the molecule is CCCCC[C@@H](N)c1cc(C)c(C)o1.Cl. The minimum absolute atomic E-state index is 0. The largest absolute Gasteiger partial charge is 0.464 e. The molecule has 1 aromatic rings. The van der Waals surface area contributed by atoms with E-state index in [9.17, 15) is 0 Å². The van der Waals surface area contributed by atoms with Gasteiger partial charge in [-0.25, -0.2) is 0 Å². The summed E-state index contributed by atoms with van der Waals surface area (Å²) in [5, 5.41) is 0. The fraction of sp³-hybridized carbons (Fsp3) is 0.667. The van der Waals surface area contributed by atoms with E-state index in [1.54, 1.807) is 0 Å². The quantitative estimate of drug-likeness (QED) is 0.781. The molecule has 15 heavy (non-hydrogen) atoms. The second-order valence-corrected chi connectivity index (χ2v) is 3.99. The Kier molecular flexibility index (Phi) is 6.70. The molecule has 0 amide bonds. The number of nitrogens with two attached hydrogens (primary N) is 1. The molecule has 1 aromatic heterocycles. The molecule has 0 saturated carbocycles. The van der Waals surface area contributed by atoms with Gasteiger partial charge >= 0.3 is 0 Å². The molecule has 1 heterocycles. The third-order valence-electron chi connectivity index (χ3n) is 2.67. The molecule has 0 spiro atoms. The molecule has 88 valence electrons. The van der Waals surface area contributed by atoms with Crippen LogP contribution in [0, 0.1) is 13.8 Å². The average molecular weight is 232 g/mol. The molecule has 2 nitrogen and oxygen atoms in total. The molecule has 0 aliphatic heterocycles. The second kappa shape index (κ2) is 6.91. The number of hydrogen-bond donors (Lipinski definition) is 1. The predicted molar refractivity (Wildman–Crippen MR) is 66.5 cm³/mol. The van der Waals surface area contributed by atoms with Crippen LogP contribution in [0.25, 0.3) is 0 Å².